The molecule has 14 heavy (non-hydrogen) atoms. The fourth-order valence-electron chi connectivity index (χ4n) is 1.51. The minimum absolute atomic E-state index is 0. The Balaban J connectivity index is 0.00000169. The third-order valence-electron chi connectivity index (χ3n) is 2.04. The average Bonchev–Trinajstić information content (AvgIpc) is 2.50. The third-order valence-corrected chi connectivity index (χ3v) is 3.33. The van der Waals surface area contributed by atoms with Crippen molar-refractivity contribution in [1.29, 1.82) is 0 Å². The van der Waals surface area contributed by atoms with E-state index in [4.69, 9.17) is 0 Å². The highest BCUT2D eigenvalue weighted by atomic mass is 35.5. The van der Waals surface area contributed by atoms with Crippen LogP contribution >= 0.6 is 24.2 Å². The van der Waals surface area contributed by atoms with Crippen molar-refractivity contribution in [3.8, 4) is 0 Å². The number of rotatable bonds is 3. The van der Waals surface area contributed by atoms with E-state index in [1.807, 2.05) is 11.8 Å². The highest BCUT2D eigenvalue weighted by Gasteiger charge is 2.30. The van der Waals surface area contributed by atoms with E-state index < -0.39 is 0 Å². The van der Waals surface area contributed by atoms with Crippen LogP contribution in [0.1, 0.15) is 20.3 Å². The Kier molecular flexibility index (Phi) is 6.57. The molecule has 3 nitrogen and oxygen atoms in total. The summed E-state index contributed by atoms with van der Waals surface area (Å²) in [5, 5.41) is 4.35. The minimum atomic E-state index is -0.133. The van der Waals surface area contributed by atoms with E-state index in [-0.39, 0.29) is 24.4 Å². The standard InChI is InChI=1S/C9H17NO2S.ClH/c1-6(2)13-7-4-8(10-5-7)9(11)12-3;/h6-8,10H,4-5H2,1-3H3;1H/t7-,8+;/m1./s1. The summed E-state index contributed by atoms with van der Waals surface area (Å²) in [6.45, 7) is 5.27. The van der Waals surface area contributed by atoms with Crippen molar-refractivity contribution in [2.45, 2.75) is 36.8 Å². The van der Waals surface area contributed by atoms with Crippen molar-refractivity contribution in [2.75, 3.05) is 13.7 Å². The van der Waals surface area contributed by atoms with E-state index in [9.17, 15) is 4.79 Å². The summed E-state index contributed by atoms with van der Waals surface area (Å²) >= 11 is 1.92. The van der Waals surface area contributed by atoms with Gasteiger partial charge in [-0.3, -0.25) is 4.79 Å². The van der Waals surface area contributed by atoms with E-state index in [1.165, 1.54) is 7.11 Å². The Morgan fingerprint density at radius 3 is 2.71 bits per heavy atom. The van der Waals surface area contributed by atoms with Gasteiger partial charge in [0, 0.05) is 11.8 Å². The Hall–Kier alpha value is 0.0700. The zero-order chi connectivity index (χ0) is 9.84. The first kappa shape index (κ1) is 14.1. The van der Waals surface area contributed by atoms with Gasteiger partial charge < -0.3 is 10.1 Å². The molecule has 1 saturated heterocycles. The van der Waals surface area contributed by atoms with Crippen molar-refractivity contribution >= 4 is 30.1 Å². The summed E-state index contributed by atoms with van der Waals surface area (Å²) in [6, 6.07) is -0.0822. The first-order valence-corrected chi connectivity index (χ1v) is 5.54. The maximum atomic E-state index is 11.2. The summed E-state index contributed by atoms with van der Waals surface area (Å²) in [4.78, 5) is 11.2. The molecule has 0 bridgehead atoms. The maximum absolute atomic E-state index is 11.2. The second kappa shape index (κ2) is 6.53. The normalized spacial score (nSPS) is 26.0. The second-order valence-electron chi connectivity index (χ2n) is 3.53. The molecule has 0 radical (unpaired) electrons. The Labute approximate surface area is 95.8 Å². The van der Waals surface area contributed by atoms with E-state index in [2.05, 4.69) is 23.9 Å². The highest BCUT2D eigenvalue weighted by molar-refractivity contribution is 8.00. The molecule has 0 amide bonds. The molecule has 5 heteroatoms. The molecule has 0 aromatic heterocycles. The van der Waals surface area contributed by atoms with Crippen LogP contribution in [0.3, 0.4) is 0 Å². The molecule has 0 aliphatic carbocycles. The molecule has 84 valence electrons. The van der Waals surface area contributed by atoms with Crippen LogP contribution in [0.5, 0.6) is 0 Å². The first-order valence-electron chi connectivity index (χ1n) is 4.60. The molecule has 0 aromatic carbocycles. The fourth-order valence-corrected chi connectivity index (χ4v) is 2.78. The lowest BCUT2D eigenvalue weighted by atomic mass is 10.2. The van der Waals surface area contributed by atoms with Crippen LogP contribution in [-0.4, -0.2) is 36.2 Å². The van der Waals surface area contributed by atoms with Crippen molar-refractivity contribution in [2.24, 2.45) is 0 Å². The molecule has 0 aromatic rings. The smallest absolute Gasteiger partial charge is 0.322 e. The molecule has 0 unspecified atom stereocenters. The monoisotopic (exact) mass is 239 g/mol. The van der Waals surface area contributed by atoms with Gasteiger partial charge in [0.1, 0.15) is 6.04 Å². The zero-order valence-electron chi connectivity index (χ0n) is 8.78. The van der Waals surface area contributed by atoms with Crippen LogP contribution in [0.15, 0.2) is 0 Å². The van der Waals surface area contributed by atoms with Gasteiger partial charge in [0.25, 0.3) is 0 Å². The fraction of sp³-hybridized carbons (Fsp3) is 0.889. The molecule has 1 N–H and O–H groups in total. The molecular formula is C9H18ClNO2S. The molecule has 1 heterocycles. The summed E-state index contributed by atoms with van der Waals surface area (Å²) in [5.74, 6) is -0.133. The summed E-state index contributed by atoms with van der Waals surface area (Å²) in [5.41, 5.74) is 0. The Morgan fingerprint density at radius 1 is 1.57 bits per heavy atom. The summed E-state index contributed by atoms with van der Waals surface area (Å²) in [7, 11) is 1.44. The number of hydrogen-bond donors (Lipinski definition) is 1. The number of carbonyl (C=O) groups is 1. The lowest BCUT2D eigenvalue weighted by Crippen LogP contribution is -2.31. The minimum Gasteiger partial charge on any atom is -0.468 e. The number of thioether (sulfide) groups is 1. The number of halogens is 1. The predicted octanol–water partition coefficient (Wildman–Crippen LogP) is 1.45. The number of hydrogen-bond acceptors (Lipinski definition) is 4. The first-order chi connectivity index (χ1) is 6.13. The molecular weight excluding hydrogens is 222 g/mol. The lowest BCUT2D eigenvalue weighted by Gasteiger charge is -2.10. The topological polar surface area (TPSA) is 38.3 Å². The Bertz CT molecular complexity index is 190. The van der Waals surface area contributed by atoms with Crippen LogP contribution in [0, 0.1) is 0 Å². The number of methoxy groups -OCH3 is 1. The summed E-state index contributed by atoms with van der Waals surface area (Å²) < 4.78 is 4.68. The van der Waals surface area contributed by atoms with Crippen molar-refractivity contribution in [3.63, 3.8) is 0 Å². The summed E-state index contributed by atoms with van der Waals surface area (Å²) in [6.07, 6.45) is 0.898. The molecule has 1 aliphatic rings. The number of ether oxygens (including phenoxy) is 1. The van der Waals surface area contributed by atoms with Crippen molar-refractivity contribution < 1.29 is 9.53 Å². The van der Waals surface area contributed by atoms with Gasteiger partial charge in [-0.2, -0.15) is 11.8 Å². The average molecular weight is 240 g/mol. The van der Waals surface area contributed by atoms with Gasteiger partial charge in [-0.1, -0.05) is 13.8 Å². The quantitative estimate of drug-likeness (QED) is 0.757. The molecule has 1 aliphatic heterocycles. The van der Waals surface area contributed by atoms with Crippen LogP contribution in [0.4, 0.5) is 0 Å². The number of nitrogens with one attached hydrogen (secondary N) is 1. The van der Waals surface area contributed by atoms with E-state index in [0.29, 0.717) is 10.5 Å². The van der Waals surface area contributed by atoms with Crippen LogP contribution in [0.2, 0.25) is 0 Å². The van der Waals surface area contributed by atoms with E-state index in [0.717, 1.165) is 13.0 Å². The highest BCUT2D eigenvalue weighted by Crippen LogP contribution is 2.25. The predicted molar refractivity (Wildman–Crippen MR) is 62.2 cm³/mol. The molecule has 0 saturated carbocycles. The van der Waals surface area contributed by atoms with E-state index in [1.54, 1.807) is 0 Å². The van der Waals surface area contributed by atoms with Crippen LogP contribution in [0.25, 0.3) is 0 Å². The van der Waals surface area contributed by atoms with Gasteiger partial charge >= 0.3 is 5.97 Å². The third kappa shape index (κ3) is 4.07. The second-order valence-corrected chi connectivity index (χ2v) is 5.41. The SMILES string of the molecule is COC(=O)[C@@H]1C[C@@H](SC(C)C)CN1.Cl. The van der Waals surface area contributed by atoms with Gasteiger partial charge in [0.05, 0.1) is 7.11 Å². The van der Waals surface area contributed by atoms with Gasteiger partial charge in [0.15, 0.2) is 0 Å². The van der Waals surface area contributed by atoms with Crippen LogP contribution < -0.4 is 5.32 Å². The molecule has 1 rings (SSSR count). The van der Waals surface area contributed by atoms with Crippen molar-refractivity contribution in [3.05, 3.63) is 0 Å². The zero-order valence-corrected chi connectivity index (χ0v) is 10.4. The molecule has 1 fully saturated rings. The number of esters is 1. The number of carbonyl (C=O) groups excluding carboxylic acids is 1. The lowest BCUT2D eigenvalue weighted by molar-refractivity contribution is -0.142. The van der Waals surface area contributed by atoms with Gasteiger partial charge in [-0.05, 0) is 11.7 Å². The molecule has 0 spiro atoms. The van der Waals surface area contributed by atoms with Gasteiger partial charge in [-0.15, -0.1) is 12.4 Å². The Morgan fingerprint density at radius 2 is 2.21 bits per heavy atom. The van der Waals surface area contributed by atoms with E-state index >= 15 is 0 Å². The van der Waals surface area contributed by atoms with Crippen LogP contribution in [-0.2, 0) is 9.53 Å². The maximum Gasteiger partial charge on any atom is 0.322 e. The molecule has 2 atom stereocenters. The van der Waals surface area contributed by atoms with Gasteiger partial charge in [0.2, 0.25) is 0 Å². The van der Waals surface area contributed by atoms with Crippen molar-refractivity contribution in [1.82, 2.24) is 5.32 Å². The van der Waals surface area contributed by atoms with Gasteiger partial charge in [-0.25, -0.2) is 0 Å². The largest absolute Gasteiger partial charge is 0.468 e.